The molecule has 17 heteroatoms. The number of rotatable bonds is 7. The minimum absolute atomic E-state index is 0.149. The lowest BCUT2D eigenvalue weighted by Crippen LogP contribution is -2.73. The molecule has 4 aromatic rings. The molecule has 64 heavy (non-hydrogen) atoms. The van der Waals surface area contributed by atoms with Crippen molar-refractivity contribution in [2.75, 3.05) is 59.4 Å². The third kappa shape index (κ3) is 8.65. The van der Waals surface area contributed by atoms with E-state index >= 15 is 4.79 Å². The van der Waals surface area contributed by atoms with Crippen LogP contribution in [0, 0.1) is 11.3 Å². The number of methoxy groups -OCH3 is 1. The van der Waals surface area contributed by atoms with Gasteiger partial charge in [-0.2, -0.15) is 0 Å². The summed E-state index contributed by atoms with van der Waals surface area (Å²) in [6.07, 6.45) is 4.08. The van der Waals surface area contributed by atoms with Crippen LogP contribution in [-0.4, -0.2) is 134 Å². The number of esters is 1. The van der Waals surface area contributed by atoms with Crippen LogP contribution in [0.2, 0.25) is 0 Å². The Labute approximate surface area is 384 Å². The molecule has 1 spiro atoms. The predicted octanol–water partition coefficient (Wildman–Crippen LogP) is 6.75. The number of likely N-dealkylation sites (N-methyl/N-ethyl adjacent to an activating group) is 1. The number of pyridine rings is 1. The van der Waals surface area contributed by atoms with Crippen molar-refractivity contribution in [2.45, 2.75) is 104 Å². The van der Waals surface area contributed by atoms with E-state index in [1.165, 1.54) is 33.2 Å². The molecule has 8 rings (SSSR count). The van der Waals surface area contributed by atoms with Crippen LogP contribution in [0.25, 0.3) is 33.4 Å². The zero-order valence-corrected chi connectivity index (χ0v) is 40.0. The summed E-state index contributed by atoms with van der Waals surface area (Å²) in [5.74, 6) is -0.992. The summed E-state index contributed by atoms with van der Waals surface area (Å²) < 4.78 is 21.5. The molecule has 0 saturated carbocycles. The Morgan fingerprint density at radius 1 is 1.08 bits per heavy atom. The van der Waals surface area contributed by atoms with Crippen molar-refractivity contribution in [1.29, 1.82) is 0 Å². The largest absolute Gasteiger partial charge is 0.464 e. The first-order chi connectivity index (χ1) is 30.7. The molecule has 7 heterocycles. The van der Waals surface area contributed by atoms with Crippen LogP contribution in [0.3, 0.4) is 0 Å². The predicted molar refractivity (Wildman–Crippen MR) is 248 cm³/mol. The molecule has 3 fully saturated rings. The molecular formula is C47H62N8O7S2. The lowest BCUT2D eigenvalue weighted by Gasteiger charge is -2.53. The van der Waals surface area contributed by atoms with Crippen LogP contribution in [0.5, 0.6) is 0 Å². The number of aryl methyl sites for hydroxylation is 1. The van der Waals surface area contributed by atoms with Crippen molar-refractivity contribution in [3.63, 3.8) is 0 Å². The Morgan fingerprint density at radius 2 is 1.89 bits per heavy atom. The van der Waals surface area contributed by atoms with E-state index in [-0.39, 0.29) is 42.9 Å². The Balaban J connectivity index is 1.22. The number of ether oxygens (including phenoxy) is 3. The van der Waals surface area contributed by atoms with E-state index in [0.717, 1.165) is 44.7 Å². The maximum Gasteiger partial charge on any atom is 0.324 e. The number of carbonyl (C=O) groups is 4. The summed E-state index contributed by atoms with van der Waals surface area (Å²) in [4.78, 5) is 71.3. The highest BCUT2D eigenvalue weighted by atomic mass is 32.2. The molecule has 3 saturated heterocycles. The van der Waals surface area contributed by atoms with Crippen molar-refractivity contribution in [1.82, 2.24) is 39.1 Å². The lowest BCUT2D eigenvalue weighted by atomic mass is 9.84. The Kier molecular flexibility index (Phi) is 13.5. The van der Waals surface area contributed by atoms with E-state index in [1.54, 1.807) is 29.6 Å². The molecule has 1 aromatic carbocycles. The summed E-state index contributed by atoms with van der Waals surface area (Å²) in [6, 6.07) is 8.68. The van der Waals surface area contributed by atoms with E-state index in [4.69, 9.17) is 24.2 Å². The summed E-state index contributed by atoms with van der Waals surface area (Å²) in [7, 11) is 3.37. The van der Waals surface area contributed by atoms with Crippen LogP contribution in [0.1, 0.15) is 83.2 Å². The molecule has 4 atom stereocenters. The molecule has 344 valence electrons. The molecule has 4 amide bonds. The van der Waals surface area contributed by atoms with Gasteiger partial charge in [0.25, 0.3) is 11.8 Å². The first-order valence-corrected chi connectivity index (χ1v) is 24.4. The zero-order chi connectivity index (χ0) is 45.5. The molecule has 0 radical (unpaired) electrons. The second-order valence-corrected chi connectivity index (χ2v) is 20.5. The monoisotopic (exact) mass is 914 g/mol. The van der Waals surface area contributed by atoms with Crippen molar-refractivity contribution >= 4 is 58.0 Å². The maximum absolute atomic E-state index is 15.1. The van der Waals surface area contributed by atoms with Gasteiger partial charge in [0, 0.05) is 98.1 Å². The minimum Gasteiger partial charge on any atom is -0.464 e. The average Bonchev–Trinajstić information content (AvgIpc) is 3.75. The number of nitrogens with one attached hydrogen (secondary N) is 1. The van der Waals surface area contributed by atoms with Gasteiger partial charge in [-0.1, -0.05) is 33.8 Å². The van der Waals surface area contributed by atoms with Gasteiger partial charge in [-0.05, 0) is 87.2 Å². The third-order valence-corrected chi connectivity index (χ3v) is 15.3. The van der Waals surface area contributed by atoms with Gasteiger partial charge in [-0.3, -0.25) is 28.7 Å². The Hall–Kier alpha value is -4.55. The van der Waals surface area contributed by atoms with E-state index in [0.29, 0.717) is 75.8 Å². The second kappa shape index (κ2) is 18.7. The highest BCUT2D eigenvalue weighted by Crippen LogP contribution is 2.46. The van der Waals surface area contributed by atoms with Gasteiger partial charge in [-0.15, -0.1) is 11.3 Å². The van der Waals surface area contributed by atoms with E-state index in [1.807, 2.05) is 32.2 Å². The second-order valence-electron chi connectivity index (χ2n) is 18.6. The van der Waals surface area contributed by atoms with E-state index < -0.39 is 29.0 Å². The van der Waals surface area contributed by atoms with Gasteiger partial charge in [0.05, 0.1) is 41.4 Å². The summed E-state index contributed by atoms with van der Waals surface area (Å²) in [5, 5.41) is 5.31. The van der Waals surface area contributed by atoms with Gasteiger partial charge in [0.1, 0.15) is 12.1 Å². The fourth-order valence-corrected chi connectivity index (χ4v) is 11.8. The fourth-order valence-electron chi connectivity index (χ4n) is 9.68. The van der Waals surface area contributed by atoms with Crippen molar-refractivity contribution < 1.29 is 33.4 Å². The highest BCUT2D eigenvalue weighted by Gasteiger charge is 2.59. The summed E-state index contributed by atoms with van der Waals surface area (Å²) >= 11 is 2.75. The zero-order valence-electron chi connectivity index (χ0n) is 38.3. The first kappa shape index (κ1) is 46.0. The molecule has 4 aliphatic heterocycles. The van der Waals surface area contributed by atoms with Gasteiger partial charge < -0.3 is 28.6 Å². The normalized spacial score (nSPS) is 22.8. The first-order valence-electron chi connectivity index (χ1n) is 22.6. The van der Waals surface area contributed by atoms with Crippen molar-refractivity contribution in [3.8, 4) is 22.5 Å². The molecule has 15 nitrogen and oxygen atoms in total. The topological polar surface area (TPSA) is 152 Å². The maximum atomic E-state index is 15.1. The van der Waals surface area contributed by atoms with Crippen LogP contribution < -0.4 is 5.43 Å². The van der Waals surface area contributed by atoms with Gasteiger partial charge in [-0.25, -0.2) is 15.2 Å². The number of hydrogen-bond acceptors (Lipinski definition) is 12. The van der Waals surface area contributed by atoms with Crippen molar-refractivity contribution in [2.24, 2.45) is 11.3 Å². The smallest absolute Gasteiger partial charge is 0.324 e. The van der Waals surface area contributed by atoms with Gasteiger partial charge in [0.15, 0.2) is 5.54 Å². The van der Waals surface area contributed by atoms with Gasteiger partial charge >= 0.3 is 12.0 Å². The average molecular weight is 915 g/mol. The fraction of sp³-hybridized carbons (Fsp3) is 0.574. The summed E-state index contributed by atoms with van der Waals surface area (Å²) in [6.45, 7) is 15.4. The number of cyclic esters (lactones) is 1. The Bertz CT molecular complexity index is 2390. The highest BCUT2D eigenvalue weighted by molar-refractivity contribution is 7.99. The standard InChI is InChI=1S/C47H62N8O7S2/c1-9-53-37-16-15-31-23-33(37)34(41(53)32-13-10-17-48-39(32)30(4)60-8)24-46(5,6)27-62-43(57)35-14-11-19-54(50-35)44(58)47(25-38-49-36(31)26-63-38)28-64-55(47)42(56)40(29(2)3)51(7)45(59)52-18-12-21-61-22-20-52/h10,13,15-17,23,26,29-30,35,40,50H,9,11-12,14,18-22,24-25,27-28H2,1-8H3/t30-,35-,40-,47+/m0/s1. The van der Waals surface area contributed by atoms with Gasteiger partial charge in [0.2, 0.25) is 0 Å². The molecule has 0 unspecified atom stereocenters. The molecule has 0 aliphatic carbocycles. The molecular weight excluding hydrogens is 853 g/mol. The molecule has 4 aliphatic rings. The number of fused-ring (bicyclic) bond motifs is 6. The number of amides is 4. The number of thiazole rings is 1. The number of benzene rings is 1. The van der Waals surface area contributed by atoms with Crippen LogP contribution in [0.15, 0.2) is 41.9 Å². The number of nitrogens with zero attached hydrogens (tertiary/aromatic N) is 7. The molecule has 6 bridgehead atoms. The number of hydrazine groups is 1. The Morgan fingerprint density at radius 3 is 2.62 bits per heavy atom. The molecule has 3 aromatic heterocycles. The third-order valence-electron chi connectivity index (χ3n) is 13.1. The number of hydrogen-bond donors (Lipinski definition) is 1. The SMILES string of the molecule is CCn1c(-c2cccnc2[C@H](C)OC)c2c3cc(ccc31)-c1csc(n1)C[C@@]1(CSN1C(=O)[C@H](C(C)C)N(C)C(=O)N1CCCOCC1)C(=O)N1CCC[C@H](N1)C(=O)OCC(C)(C)C2. The van der Waals surface area contributed by atoms with Crippen LogP contribution >= 0.6 is 23.3 Å². The van der Waals surface area contributed by atoms with Crippen LogP contribution in [-0.2, 0) is 48.0 Å². The number of carbonyl (C=O) groups excluding carboxylic acids is 4. The van der Waals surface area contributed by atoms with E-state index in [2.05, 4.69) is 55.0 Å². The van der Waals surface area contributed by atoms with E-state index in [9.17, 15) is 14.4 Å². The van der Waals surface area contributed by atoms with Crippen LogP contribution in [0.4, 0.5) is 4.79 Å². The number of aromatic nitrogens is 3. The quantitative estimate of drug-likeness (QED) is 0.155. The summed E-state index contributed by atoms with van der Waals surface area (Å²) in [5.41, 5.74) is 8.18. The van der Waals surface area contributed by atoms with Crippen molar-refractivity contribution in [3.05, 3.63) is 58.2 Å². The lowest BCUT2D eigenvalue weighted by molar-refractivity contribution is -0.160. The molecule has 1 N–H and O–H groups in total. The number of urea groups is 1. The minimum atomic E-state index is -1.33.